The SMILES string of the molecule is C=[N+]1c2cccc(CC(C)C)c2C=C[C-]1c1cc(C)cc(C)c1C. The van der Waals surface area contributed by atoms with Crippen LogP contribution in [0.1, 0.15) is 47.2 Å². The first-order valence-corrected chi connectivity index (χ1v) is 8.74. The average molecular weight is 317 g/mol. The number of rotatable bonds is 3. The fraction of sp³-hybridized carbons (Fsp3) is 0.304. The molecule has 0 fully saturated rings. The highest BCUT2D eigenvalue weighted by Gasteiger charge is 2.24. The molecule has 1 nitrogen and oxygen atoms in total. The van der Waals surface area contributed by atoms with E-state index in [0.717, 1.165) is 6.42 Å². The van der Waals surface area contributed by atoms with Crippen molar-refractivity contribution in [2.45, 2.75) is 41.0 Å². The van der Waals surface area contributed by atoms with Crippen LogP contribution in [-0.2, 0) is 6.42 Å². The summed E-state index contributed by atoms with van der Waals surface area (Å²) in [4.78, 5) is 0. The Hall–Kier alpha value is -2.28. The first-order chi connectivity index (χ1) is 11.4. The molecule has 0 spiro atoms. The van der Waals surface area contributed by atoms with Crippen molar-refractivity contribution in [1.29, 1.82) is 0 Å². The third-order valence-electron chi connectivity index (χ3n) is 4.88. The topological polar surface area (TPSA) is 3.01 Å². The zero-order chi connectivity index (χ0) is 17.4. The fourth-order valence-corrected chi connectivity index (χ4v) is 3.57. The van der Waals surface area contributed by atoms with E-state index < -0.39 is 0 Å². The van der Waals surface area contributed by atoms with Crippen molar-refractivity contribution in [2.24, 2.45) is 5.92 Å². The molecule has 0 unspecified atom stereocenters. The van der Waals surface area contributed by atoms with E-state index in [-0.39, 0.29) is 0 Å². The average Bonchev–Trinajstić information content (AvgIpc) is 2.52. The van der Waals surface area contributed by atoms with Gasteiger partial charge in [0.1, 0.15) is 6.04 Å². The lowest BCUT2D eigenvalue weighted by molar-refractivity contribution is -0.400. The second-order valence-electron chi connectivity index (χ2n) is 7.35. The van der Waals surface area contributed by atoms with Crippen LogP contribution in [-0.4, -0.2) is 11.3 Å². The maximum Gasteiger partial charge on any atom is 0.160 e. The van der Waals surface area contributed by atoms with E-state index in [1.165, 1.54) is 45.1 Å². The smallest absolute Gasteiger partial charge is 0.160 e. The van der Waals surface area contributed by atoms with Gasteiger partial charge in [0.25, 0.3) is 0 Å². The van der Waals surface area contributed by atoms with E-state index in [9.17, 15) is 0 Å². The Bertz CT molecular complexity index is 824. The molecule has 0 aromatic heterocycles. The molecule has 0 amide bonds. The maximum absolute atomic E-state index is 4.36. The molecule has 124 valence electrons. The molecule has 0 aliphatic carbocycles. The van der Waals surface area contributed by atoms with Crippen LogP contribution in [0.2, 0.25) is 0 Å². The molecular formula is C23H27N. The monoisotopic (exact) mass is 317 g/mol. The minimum atomic E-state index is 0.648. The van der Waals surface area contributed by atoms with Gasteiger partial charge >= 0.3 is 0 Å². The number of nitrogens with zero attached hydrogens (tertiary/aromatic N) is 1. The first-order valence-electron chi connectivity index (χ1n) is 8.74. The Labute approximate surface area is 146 Å². The summed E-state index contributed by atoms with van der Waals surface area (Å²) in [5.74, 6) is 0.648. The highest BCUT2D eigenvalue weighted by Crippen LogP contribution is 2.37. The third kappa shape index (κ3) is 2.91. The van der Waals surface area contributed by atoms with Crippen molar-refractivity contribution in [3.05, 3.63) is 75.8 Å². The standard InChI is InChI=1S/C23H27N/c1-15(2)12-19-8-7-9-22-20(19)10-11-23(24(22)6)21-14-16(3)13-17(4)18(21)5/h7-11,13-15H,6,12H2,1-5H3. The van der Waals surface area contributed by atoms with E-state index in [4.69, 9.17) is 0 Å². The molecule has 1 heteroatoms. The Balaban J connectivity index is 2.07. The first kappa shape index (κ1) is 16.6. The van der Waals surface area contributed by atoms with Gasteiger partial charge in [0.05, 0.1) is 6.72 Å². The Kier molecular flexibility index (Phi) is 4.36. The summed E-state index contributed by atoms with van der Waals surface area (Å²) in [5.41, 5.74) is 9.15. The Morgan fingerprint density at radius 1 is 1.12 bits per heavy atom. The maximum atomic E-state index is 4.36. The summed E-state index contributed by atoms with van der Waals surface area (Å²) in [6.07, 6.45) is 5.58. The van der Waals surface area contributed by atoms with Crippen LogP contribution in [0.3, 0.4) is 0 Å². The van der Waals surface area contributed by atoms with Gasteiger partial charge in [-0.2, -0.15) is 0 Å². The van der Waals surface area contributed by atoms with Crippen LogP contribution in [0, 0.1) is 32.7 Å². The van der Waals surface area contributed by atoms with Crippen LogP contribution >= 0.6 is 0 Å². The quantitative estimate of drug-likeness (QED) is 0.500. The zero-order valence-corrected chi connectivity index (χ0v) is 15.5. The van der Waals surface area contributed by atoms with Crippen molar-refractivity contribution < 1.29 is 4.58 Å². The van der Waals surface area contributed by atoms with Crippen molar-refractivity contribution in [3.8, 4) is 0 Å². The van der Waals surface area contributed by atoms with E-state index in [0.29, 0.717) is 5.92 Å². The summed E-state index contributed by atoms with van der Waals surface area (Å²) >= 11 is 0. The number of aryl methyl sites for hydroxylation is 2. The van der Waals surface area contributed by atoms with Gasteiger partial charge < -0.3 is 0 Å². The van der Waals surface area contributed by atoms with E-state index in [1.54, 1.807) is 0 Å². The molecule has 0 bridgehead atoms. The summed E-state index contributed by atoms with van der Waals surface area (Å²) in [6, 6.07) is 12.3. The van der Waals surface area contributed by atoms with E-state index in [2.05, 4.69) is 88.4 Å². The summed E-state index contributed by atoms with van der Waals surface area (Å²) in [5, 5.41) is 0. The van der Waals surface area contributed by atoms with E-state index >= 15 is 0 Å². The van der Waals surface area contributed by atoms with Crippen LogP contribution in [0.25, 0.3) is 6.08 Å². The molecule has 2 aromatic carbocycles. The molecular weight excluding hydrogens is 290 g/mol. The minimum Gasteiger partial charge on any atom is -0.248 e. The highest BCUT2D eigenvalue weighted by molar-refractivity contribution is 5.70. The molecule has 0 N–H and O–H groups in total. The highest BCUT2D eigenvalue weighted by atomic mass is 15.0. The van der Waals surface area contributed by atoms with Gasteiger partial charge in [-0.05, 0) is 55.0 Å². The largest absolute Gasteiger partial charge is 0.248 e. The van der Waals surface area contributed by atoms with Crippen LogP contribution in [0.5, 0.6) is 0 Å². The van der Waals surface area contributed by atoms with Gasteiger partial charge in [0, 0.05) is 0 Å². The normalized spacial score (nSPS) is 13.6. The summed E-state index contributed by atoms with van der Waals surface area (Å²) in [6.45, 7) is 15.4. The molecule has 0 atom stereocenters. The molecule has 24 heavy (non-hydrogen) atoms. The Morgan fingerprint density at radius 2 is 1.88 bits per heavy atom. The van der Waals surface area contributed by atoms with Crippen LogP contribution in [0.15, 0.2) is 36.4 Å². The van der Waals surface area contributed by atoms with Crippen LogP contribution in [0.4, 0.5) is 5.69 Å². The number of fused-ring (bicyclic) bond motifs is 1. The van der Waals surface area contributed by atoms with Gasteiger partial charge in [-0.25, -0.2) is 4.58 Å². The summed E-state index contributed by atoms with van der Waals surface area (Å²) < 4.78 is 2.10. The summed E-state index contributed by atoms with van der Waals surface area (Å²) in [7, 11) is 0. The lowest BCUT2D eigenvalue weighted by atomic mass is 9.89. The van der Waals surface area contributed by atoms with Gasteiger partial charge in [-0.1, -0.05) is 67.8 Å². The van der Waals surface area contributed by atoms with Crippen molar-refractivity contribution in [2.75, 3.05) is 0 Å². The number of hydrogen-bond acceptors (Lipinski definition) is 0. The minimum absolute atomic E-state index is 0.648. The number of benzene rings is 2. The molecule has 2 aromatic rings. The third-order valence-corrected chi connectivity index (χ3v) is 4.88. The van der Waals surface area contributed by atoms with Gasteiger partial charge in [0.2, 0.25) is 0 Å². The lowest BCUT2D eigenvalue weighted by Crippen LogP contribution is -2.18. The lowest BCUT2D eigenvalue weighted by Gasteiger charge is -2.26. The molecule has 1 aliphatic rings. The molecule has 1 aliphatic heterocycles. The van der Waals surface area contributed by atoms with Gasteiger partial charge in [-0.15, -0.1) is 0 Å². The molecule has 0 saturated carbocycles. The molecule has 1 heterocycles. The Morgan fingerprint density at radius 3 is 2.58 bits per heavy atom. The molecule has 3 rings (SSSR count). The van der Waals surface area contributed by atoms with Gasteiger partial charge in [0.15, 0.2) is 5.69 Å². The van der Waals surface area contributed by atoms with Crippen molar-refractivity contribution in [1.82, 2.24) is 0 Å². The molecule has 0 radical (unpaired) electrons. The predicted octanol–water partition coefficient (Wildman–Crippen LogP) is 5.76. The van der Waals surface area contributed by atoms with Gasteiger partial charge in [-0.3, -0.25) is 0 Å². The van der Waals surface area contributed by atoms with Crippen molar-refractivity contribution in [3.63, 3.8) is 0 Å². The molecule has 0 saturated heterocycles. The van der Waals surface area contributed by atoms with E-state index in [1.807, 2.05) is 0 Å². The predicted molar refractivity (Wildman–Crippen MR) is 104 cm³/mol. The second kappa shape index (κ2) is 6.32. The fourth-order valence-electron chi connectivity index (χ4n) is 3.57. The zero-order valence-electron chi connectivity index (χ0n) is 15.5. The van der Waals surface area contributed by atoms with Crippen molar-refractivity contribution >= 4 is 18.5 Å². The number of hydrogen-bond donors (Lipinski definition) is 0. The second-order valence-corrected chi connectivity index (χ2v) is 7.35. The van der Waals surface area contributed by atoms with Crippen LogP contribution < -0.4 is 0 Å².